The Labute approximate surface area is 193 Å². The van der Waals surface area contributed by atoms with Crippen LogP contribution in [0.2, 0.25) is 0 Å². The topological polar surface area (TPSA) is 92.1 Å². The predicted octanol–water partition coefficient (Wildman–Crippen LogP) is 2.85. The number of hydrogen-bond donors (Lipinski definition) is 1. The number of nitrogens with zero attached hydrogens (tertiary/aromatic N) is 6. The van der Waals surface area contributed by atoms with Gasteiger partial charge in [-0.05, 0) is 44.3 Å². The second kappa shape index (κ2) is 7.95. The van der Waals surface area contributed by atoms with Gasteiger partial charge in [0.2, 0.25) is 0 Å². The zero-order chi connectivity index (χ0) is 22.5. The Kier molecular flexibility index (Phi) is 4.90. The van der Waals surface area contributed by atoms with Crippen LogP contribution in [-0.4, -0.2) is 56.8 Å². The molecule has 0 aromatic carbocycles. The Balaban J connectivity index is 1.30. The van der Waals surface area contributed by atoms with Gasteiger partial charge in [0.15, 0.2) is 5.65 Å². The molecule has 4 aliphatic rings. The number of piperidine rings is 1. The van der Waals surface area contributed by atoms with Gasteiger partial charge in [0.1, 0.15) is 11.5 Å². The fraction of sp³-hybridized carbons (Fsp3) is 0.440. The minimum Gasteiger partial charge on any atom is -0.355 e. The third-order valence-electron chi connectivity index (χ3n) is 7.08. The van der Waals surface area contributed by atoms with Gasteiger partial charge in [-0.25, -0.2) is 14.5 Å². The minimum atomic E-state index is -0.0623. The summed E-state index contributed by atoms with van der Waals surface area (Å²) in [6, 6.07) is 2.18. The Bertz CT molecular complexity index is 1250. The molecule has 5 heterocycles. The first-order valence-electron chi connectivity index (χ1n) is 11.9. The van der Waals surface area contributed by atoms with E-state index in [0.29, 0.717) is 5.70 Å². The number of nitrogens with two attached hydrogens (primary N) is 1. The Morgan fingerprint density at radius 2 is 2.12 bits per heavy atom. The normalized spacial score (nSPS) is 24.7. The van der Waals surface area contributed by atoms with Crippen molar-refractivity contribution in [2.75, 3.05) is 24.5 Å². The van der Waals surface area contributed by atoms with Crippen LogP contribution in [0.15, 0.2) is 52.8 Å². The number of aromatic nitrogens is 3. The molecule has 0 spiro atoms. The molecule has 2 fully saturated rings. The average molecular weight is 444 g/mol. The molecule has 2 atom stereocenters. The Hall–Kier alpha value is -3.26. The lowest BCUT2D eigenvalue weighted by atomic mass is 9.98. The van der Waals surface area contributed by atoms with Crippen LogP contribution in [0.4, 0.5) is 5.82 Å². The fourth-order valence-electron chi connectivity index (χ4n) is 5.35. The first-order valence-corrected chi connectivity index (χ1v) is 11.9. The average Bonchev–Trinajstić information content (AvgIpc) is 3.55. The van der Waals surface area contributed by atoms with Gasteiger partial charge in [-0.1, -0.05) is 18.2 Å². The number of rotatable bonds is 3. The third-order valence-corrected chi connectivity index (χ3v) is 7.08. The van der Waals surface area contributed by atoms with Crippen molar-refractivity contribution < 1.29 is 4.79 Å². The van der Waals surface area contributed by atoms with Gasteiger partial charge >= 0.3 is 0 Å². The second-order valence-electron chi connectivity index (χ2n) is 9.47. The molecule has 170 valence electrons. The highest BCUT2D eigenvalue weighted by molar-refractivity contribution is 6.12. The standard InChI is InChI=1S/C25H29N7O/c1-16-14-32-23(28-24(16)30-11-9-18(26)15-30)13-20(29-32)22-8-4-5-10-31(22)25(33)21-12-17-6-2-3-7-19(17)27-21/h2-3,6,12-14,18,22H,4-5,7-11,15,26H2,1H3/t18-,22-/m0/s1. The van der Waals surface area contributed by atoms with Crippen molar-refractivity contribution in [3.05, 3.63) is 59.1 Å². The number of aliphatic imine (C=N–C) groups is 1. The summed E-state index contributed by atoms with van der Waals surface area (Å²) in [6.45, 7) is 4.55. The number of carbonyl (C=O) groups excluding carboxylic acids is 1. The van der Waals surface area contributed by atoms with Crippen molar-refractivity contribution >= 4 is 23.1 Å². The largest absolute Gasteiger partial charge is 0.355 e. The summed E-state index contributed by atoms with van der Waals surface area (Å²) in [4.78, 5) is 27.3. The van der Waals surface area contributed by atoms with Crippen molar-refractivity contribution in [3.8, 4) is 0 Å². The van der Waals surface area contributed by atoms with Gasteiger partial charge in [-0.15, -0.1) is 0 Å². The molecule has 0 bridgehead atoms. The van der Waals surface area contributed by atoms with Crippen molar-refractivity contribution in [2.24, 2.45) is 10.7 Å². The summed E-state index contributed by atoms with van der Waals surface area (Å²) in [5.74, 6) is 0.977. The molecule has 0 unspecified atom stereocenters. The van der Waals surface area contributed by atoms with Crippen molar-refractivity contribution in [1.82, 2.24) is 19.5 Å². The summed E-state index contributed by atoms with van der Waals surface area (Å²) in [7, 11) is 0. The predicted molar refractivity (Wildman–Crippen MR) is 128 cm³/mol. The molecule has 2 aromatic rings. The van der Waals surface area contributed by atoms with Gasteiger partial charge in [0.05, 0.1) is 17.4 Å². The molecule has 1 amide bonds. The van der Waals surface area contributed by atoms with Crippen molar-refractivity contribution in [3.63, 3.8) is 0 Å². The van der Waals surface area contributed by atoms with Gasteiger partial charge in [0, 0.05) is 49.9 Å². The quantitative estimate of drug-likeness (QED) is 0.788. The van der Waals surface area contributed by atoms with Crippen molar-refractivity contribution in [1.29, 1.82) is 0 Å². The SMILES string of the molecule is Cc1cn2nc([C@@H]3CCCCN3C(=O)C3=CC4=CC=CCC4=N3)cc2nc1N1CC[C@H](N)C1. The molecule has 0 saturated carbocycles. The number of allylic oxidation sites excluding steroid dienone is 5. The van der Waals surface area contributed by atoms with E-state index in [9.17, 15) is 4.79 Å². The van der Waals surface area contributed by atoms with Crippen LogP contribution < -0.4 is 10.6 Å². The maximum absolute atomic E-state index is 13.5. The molecular weight excluding hydrogens is 414 g/mol. The van der Waals surface area contributed by atoms with Gasteiger partial charge in [-0.3, -0.25) is 4.79 Å². The van der Waals surface area contributed by atoms with E-state index in [1.807, 2.05) is 39.9 Å². The van der Waals surface area contributed by atoms with Crippen LogP contribution in [0.1, 0.15) is 49.4 Å². The number of likely N-dealkylation sites (tertiary alicyclic amines) is 1. The minimum absolute atomic E-state index is 0.00422. The van der Waals surface area contributed by atoms with Crippen LogP contribution >= 0.6 is 0 Å². The van der Waals surface area contributed by atoms with E-state index in [-0.39, 0.29) is 18.0 Å². The summed E-state index contributed by atoms with van der Waals surface area (Å²) in [5.41, 5.74) is 11.5. The molecule has 8 nitrogen and oxygen atoms in total. The van der Waals surface area contributed by atoms with E-state index >= 15 is 0 Å². The molecule has 3 aliphatic heterocycles. The summed E-state index contributed by atoms with van der Waals surface area (Å²) < 4.78 is 1.85. The van der Waals surface area contributed by atoms with E-state index in [1.54, 1.807) is 0 Å². The molecule has 1 aliphatic carbocycles. The summed E-state index contributed by atoms with van der Waals surface area (Å²) >= 11 is 0. The molecular formula is C25H29N7O. The lowest BCUT2D eigenvalue weighted by Gasteiger charge is -2.34. The zero-order valence-electron chi connectivity index (χ0n) is 18.9. The van der Waals surface area contributed by atoms with Crippen LogP contribution in [0.5, 0.6) is 0 Å². The van der Waals surface area contributed by atoms with Crippen molar-refractivity contribution in [2.45, 2.75) is 51.1 Å². The van der Waals surface area contributed by atoms with Gasteiger partial charge in [-0.2, -0.15) is 5.10 Å². The van der Waals surface area contributed by atoms with E-state index < -0.39 is 0 Å². The van der Waals surface area contributed by atoms with Gasteiger partial charge in [0.25, 0.3) is 5.91 Å². The lowest BCUT2D eigenvalue weighted by molar-refractivity contribution is -0.131. The van der Waals surface area contributed by atoms with Crippen LogP contribution in [-0.2, 0) is 4.79 Å². The number of aryl methyl sites for hydroxylation is 1. The van der Waals surface area contributed by atoms with E-state index in [4.69, 9.17) is 15.8 Å². The highest BCUT2D eigenvalue weighted by atomic mass is 16.2. The van der Waals surface area contributed by atoms with E-state index in [0.717, 1.165) is 85.7 Å². The number of anilines is 1. The Morgan fingerprint density at radius 3 is 2.94 bits per heavy atom. The smallest absolute Gasteiger partial charge is 0.273 e. The number of fused-ring (bicyclic) bond motifs is 2. The molecule has 6 rings (SSSR count). The second-order valence-corrected chi connectivity index (χ2v) is 9.47. The van der Waals surface area contributed by atoms with E-state index in [2.05, 4.69) is 22.9 Å². The maximum Gasteiger partial charge on any atom is 0.273 e. The highest BCUT2D eigenvalue weighted by Crippen LogP contribution is 2.34. The highest BCUT2D eigenvalue weighted by Gasteiger charge is 2.33. The maximum atomic E-state index is 13.5. The number of hydrogen-bond acceptors (Lipinski definition) is 6. The first kappa shape index (κ1) is 20.4. The molecule has 2 aromatic heterocycles. The molecule has 8 heteroatoms. The summed E-state index contributed by atoms with van der Waals surface area (Å²) in [5, 5.41) is 4.85. The lowest BCUT2D eigenvalue weighted by Crippen LogP contribution is -2.39. The van der Waals surface area contributed by atoms with Crippen LogP contribution in [0.25, 0.3) is 5.65 Å². The molecule has 33 heavy (non-hydrogen) atoms. The number of carbonyl (C=O) groups is 1. The molecule has 2 N–H and O–H groups in total. The number of amides is 1. The Morgan fingerprint density at radius 1 is 1.21 bits per heavy atom. The van der Waals surface area contributed by atoms with E-state index in [1.165, 1.54) is 0 Å². The van der Waals surface area contributed by atoms with Gasteiger partial charge < -0.3 is 15.5 Å². The zero-order valence-corrected chi connectivity index (χ0v) is 18.9. The molecule has 2 saturated heterocycles. The monoisotopic (exact) mass is 443 g/mol. The molecule has 0 radical (unpaired) electrons. The van der Waals surface area contributed by atoms with Crippen LogP contribution in [0, 0.1) is 6.92 Å². The summed E-state index contributed by atoms with van der Waals surface area (Å²) in [6.07, 6.45) is 14.8. The van der Waals surface area contributed by atoms with Crippen LogP contribution in [0.3, 0.4) is 0 Å². The first-order chi connectivity index (χ1) is 16.1. The third kappa shape index (κ3) is 3.58. The fourth-order valence-corrected chi connectivity index (χ4v) is 5.35.